The summed E-state index contributed by atoms with van der Waals surface area (Å²) in [6.45, 7) is 6.56. The number of carbonyl (C=O) groups excluding carboxylic acids is 3. The van der Waals surface area contributed by atoms with Crippen LogP contribution in [0.15, 0.2) is 97.2 Å². The molecule has 472 valence electrons. The van der Waals surface area contributed by atoms with Crippen molar-refractivity contribution in [2.24, 2.45) is 0 Å². The number of unbranched alkanes of at least 4 members (excludes halogenated alkanes) is 37. The van der Waals surface area contributed by atoms with Crippen molar-refractivity contribution in [2.45, 2.75) is 354 Å². The second-order valence-corrected chi connectivity index (χ2v) is 23.4. The Kier molecular flexibility index (Phi) is 66.7. The lowest BCUT2D eigenvalue weighted by atomic mass is 10.0. The Labute approximate surface area is 508 Å². The van der Waals surface area contributed by atoms with Crippen LogP contribution >= 0.6 is 0 Å². The third-order valence-electron chi connectivity index (χ3n) is 15.3. The molecule has 1 unspecified atom stereocenters. The van der Waals surface area contributed by atoms with Gasteiger partial charge in [-0.2, -0.15) is 0 Å². The predicted octanol–water partition coefficient (Wildman–Crippen LogP) is 24.4. The molecule has 0 amide bonds. The fraction of sp³-hybridized carbons (Fsp3) is 0.750. The number of allylic oxidation sites excluding steroid dienone is 16. The Morgan fingerprint density at radius 3 is 0.756 bits per heavy atom. The monoisotopic (exact) mass is 1140 g/mol. The standard InChI is InChI=1S/C76H132O6/c1-4-7-10-13-16-19-22-25-28-31-33-34-35-36-37-38-39-40-41-42-43-46-48-51-54-57-60-63-66-69-75(78)81-72-73(71-80-74(77)68-65-62-59-56-53-50-47-44-30-27-24-21-18-15-12-9-6-3)82-76(79)70-67-64-61-58-55-52-49-45-32-29-26-23-20-17-14-11-8-5-2/h7,10,16,19,25,27-28,30,33-34,36-37,39-40,42-43,73H,4-6,8-9,11-15,17-18,20-24,26,29,31-32,35,38,41,44-72H2,1-3H3/b10-7-,19-16-,28-25-,30-27-,34-33-,37-36-,40-39-,43-42-. The number of esters is 3. The van der Waals surface area contributed by atoms with Crippen LogP contribution in [0.1, 0.15) is 348 Å². The molecule has 0 saturated carbocycles. The molecule has 0 N–H and O–H groups in total. The van der Waals surface area contributed by atoms with E-state index < -0.39 is 6.10 Å². The van der Waals surface area contributed by atoms with E-state index in [0.29, 0.717) is 19.3 Å². The smallest absolute Gasteiger partial charge is 0.306 e. The maximum atomic E-state index is 13.0. The van der Waals surface area contributed by atoms with Gasteiger partial charge in [-0.25, -0.2) is 0 Å². The Bertz CT molecular complexity index is 1590. The van der Waals surface area contributed by atoms with Crippen LogP contribution in [0.4, 0.5) is 0 Å². The van der Waals surface area contributed by atoms with E-state index in [1.165, 1.54) is 199 Å². The lowest BCUT2D eigenvalue weighted by Gasteiger charge is -2.18. The Morgan fingerprint density at radius 2 is 0.476 bits per heavy atom. The van der Waals surface area contributed by atoms with Crippen molar-refractivity contribution >= 4 is 17.9 Å². The van der Waals surface area contributed by atoms with Crippen molar-refractivity contribution < 1.29 is 28.6 Å². The number of rotatable bonds is 64. The molecule has 0 aromatic heterocycles. The Balaban J connectivity index is 4.35. The molecule has 0 spiro atoms. The highest BCUT2D eigenvalue weighted by Crippen LogP contribution is 2.17. The van der Waals surface area contributed by atoms with E-state index >= 15 is 0 Å². The molecule has 0 rings (SSSR count). The highest BCUT2D eigenvalue weighted by atomic mass is 16.6. The summed E-state index contributed by atoms with van der Waals surface area (Å²) in [5.41, 5.74) is 0. The molecule has 6 heteroatoms. The molecule has 0 aliphatic rings. The zero-order chi connectivity index (χ0) is 59.2. The summed E-state index contributed by atoms with van der Waals surface area (Å²) >= 11 is 0. The van der Waals surface area contributed by atoms with Crippen molar-refractivity contribution in [1.82, 2.24) is 0 Å². The first-order chi connectivity index (χ1) is 40.5. The van der Waals surface area contributed by atoms with Crippen molar-refractivity contribution in [3.05, 3.63) is 97.2 Å². The molecule has 0 aliphatic carbocycles. The van der Waals surface area contributed by atoms with Crippen LogP contribution in [0.25, 0.3) is 0 Å². The molecule has 1 atom stereocenters. The van der Waals surface area contributed by atoms with E-state index in [2.05, 4.69) is 118 Å². The average Bonchev–Trinajstić information content (AvgIpc) is 3.47. The fourth-order valence-corrected chi connectivity index (χ4v) is 10.1. The molecule has 0 bridgehead atoms. The maximum Gasteiger partial charge on any atom is 0.306 e. The second-order valence-electron chi connectivity index (χ2n) is 23.4. The lowest BCUT2D eigenvalue weighted by molar-refractivity contribution is -0.167. The van der Waals surface area contributed by atoms with Crippen LogP contribution in [0, 0.1) is 0 Å². The molecule has 0 radical (unpaired) electrons. The molecule has 0 heterocycles. The van der Waals surface area contributed by atoms with Crippen molar-refractivity contribution in [2.75, 3.05) is 13.2 Å². The summed E-state index contributed by atoms with van der Waals surface area (Å²) in [4.78, 5) is 38.5. The largest absolute Gasteiger partial charge is 0.462 e. The third kappa shape index (κ3) is 67.1. The van der Waals surface area contributed by atoms with Gasteiger partial charge in [-0.05, 0) is 103 Å². The predicted molar refractivity (Wildman–Crippen MR) is 357 cm³/mol. The molecule has 0 fully saturated rings. The van der Waals surface area contributed by atoms with Gasteiger partial charge in [0.25, 0.3) is 0 Å². The van der Waals surface area contributed by atoms with E-state index in [9.17, 15) is 14.4 Å². The van der Waals surface area contributed by atoms with Gasteiger partial charge in [0, 0.05) is 19.3 Å². The first-order valence-corrected chi connectivity index (χ1v) is 35.2. The van der Waals surface area contributed by atoms with Crippen LogP contribution in [0.3, 0.4) is 0 Å². The van der Waals surface area contributed by atoms with Gasteiger partial charge in [-0.1, -0.05) is 323 Å². The van der Waals surface area contributed by atoms with Gasteiger partial charge < -0.3 is 14.2 Å². The summed E-state index contributed by atoms with van der Waals surface area (Å²) in [6, 6.07) is 0. The van der Waals surface area contributed by atoms with Crippen LogP contribution < -0.4 is 0 Å². The van der Waals surface area contributed by atoms with E-state index in [4.69, 9.17) is 14.2 Å². The highest BCUT2D eigenvalue weighted by Gasteiger charge is 2.19. The van der Waals surface area contributed by atoms with E-state index in [1.807, 2.05) is 0 Å². The summed E-state index contributed by atoms with van der Waals surface area (Å²) in [5, 5.41) is 0. The molecule has 6 nitrogen and oxygen atoms in total. The normalized spacial score (nSPS) is 12.7. The van der Waals surface area contributed by atoms with E-state index in [-0.39, 0.29) is 31.1 Å². The van der Waals surface area contributed by atoms with Gasteiger partial charge in [0.1, 0.15) is 13.2 Å². The highest BCUT2D eigenvalue weighted by molar-refractivity contribution is 5.71. The summed E-state index contributed by atoms with van der Waals surface area (Å²) in [7, 11) is 0. The number of ether oxygens (including phenoxy) is 3. The quantitative estimate of drug-likeness (QED) is 0.0261. The van der Waals surface area contributed by atoms with E-state index in [1.54, 1.807) is 0 Å². The SMILES string of the molecule is CC/C=C\C/C=C\C/C=C\C/C=C\C/C=C\C/C=C\C/C=C\CCCCCCCCCC(=O)OCC(COC(=O)CCCCCCCCC/C=C\CCCCCCCC)OC(=O)CCCCCCCCCCCCCCCCCCCC. The molecule has 82 heavy (non-hydrogen) atoms. The van der Waals surface area contributed by atoms with Gasteiger partial charge in [-0.15, -0.1) is 0 Å². The van der Waals surface area contributed by atoms with Crippen molar-refractivity contribution in [3.63, 3.8) is 0 Å². The van der Waals surface area contributed by atoms with Gasteiger partial charge in [0.05, 0.1) is 0 Å². The molecule has 0 aromatic carbocycles. The van der Waals surface area contributed by atoms with Crippen LogP contribution in [0.5, 0.6) is 0 Å². The van der Waals surface area contributed by atoms with Crippen LogP contribution in [-0.4, -0.2) is 37.2 Å². The first kappa shape index (κ1) is 78.3. The fourth-order valence-electron chi connectivity index (χ4n) is 10.1. The number of hydrogen-bond donors (Lipinski definition) is 0. The minimum atomic E-state index is -0.784. The van der Waals surface area contributed by atoms with Gasteiger partial charge in [0.15, 0.2) is 6.10 Å². The summed E-state index contributed by atoms with van der Waals surface area (Å²) in [6.07, 6.45) is 94.2. The van der Waals surface area contributed by atoms with Crippen molar-refractivity contribution in [1.29, 1.82) is 0 Å². The van der Waals surface area contributed by atoms with Gasteiger partial charge in [-0.3, -0.25) is 14.4 Å². The summed E-state index contributed by atoms with van der Waals surface area (Å²) < 4.78 is 17.0. The Hall–Kier alpha value is -3.67. The van der Waals surface area contributed by atoms with Gasteiger partial charge in [0.2, 0.25) is 0 Å². The van der Waals surface area contributed by atoms with Crippen LogP contribution in [-0.2, 0) is 28.6 Å². The zero-order valence-corrected chi connectivity index (χ0v) is 54.2. The molecular formula is C76H132O6. The van der Waals surface area contributed by atoms with Crippen molar-refractivity contribution in [3.8, 4) is 0 Å². The topological polar surface area (TPSA) is 78.9 Å². The molecule has 0 saturated heterocycles. The minimum Gasteiger partial charge on any atom is -0.462 e. The second kappa shape index (κ2) is 69.8. The van der Waals surface area contributed by atoms with E-state index in [0.717, 1.165) is 109 Å². The minimum absolute atomic E-state index is 0.0797. The molecule has 0 aliphatic heterocycles. The van der Waals surface area contributed by atoms with Gasteiger partial charge >= 0.3 is 17.9 Å². The molecular weight excluding hydrogens is 1010 g/mol. The van der Waals surface area contributed by atoms with Crippen LogP contribution in [0.2, 0.25) is 0 Å². The maximum absolute atomic E-state index is 13.0. The Morgan fingerprint density at radius 1 is 0.256 bits per heavy atom. The molecule has 0 aromatic rings. The first-order valence-electron chi connectivity index (χ1n) is 35.2. The zero-order valence-electron chi connectivity index (χ0n) is 54.2. The number of hydrogen-bond acceptors (Lipinski definition) is 6. The lowest BCUT2D eigenvalue weighted by Crippen LogP contribution is -2.30. The average molecular weight is 1140 g/mol. The summed E-state index contributed by atoms with van der Waals surface area (Å²) in [5.74, 6) is -0.877. The number of carbonyl (C=O) groups is 3. The third-order valence-corrected chi connectivity index (χ3v) is 15.3.